The smallest absolute Gasteiger partial charge is 0.178 e. The quantitative estimate of drug-likeness (QED) is 0.940. The number of rotatable bonds is 4. The van der Waals surface area contributed by atoms with Crippen LogP contribution in [0.25, 0.3) is 0 Å². The minimum atomic E-state index is 0.865. The third-order valence-corrected chi connectivity index (χ3v) is 4.44. The minimum Gasteiger partial charge on any atom is -0.316 e. The number of nitrogens with zero attached hydrogens (tertiary/aromatic N) is 2. The summed E-state index contributed by atoms with van der Waals surface area (Å²) in [4.78, 5) is 1.17. The van der Waals surface area contributed by atoms with Gasteiger partial charge < -0.3 is 5.32 Å². The maximum Gasteiger partial charge on any atom is 0.178 e. The summed E-state index contributed by atoms with van der Waals surface area (Å²) in [5, 5.41) is 11.0. The van der Waals surface area contributed by atoms with Crippen LogP contribution in [0.2, 0.25) is 0 Å². The average Bonchev–Trinajstić information content (AvgIpc) is 2.75. The van der Waals surface area contributed by atoms with E-state index in [0.717, 1.165) is 15.4 Å². The molecule has 84 valence electrons. The molecular formula is C10H10BrN3S2. The maximum absolute atomic E-state index is 4.00. The highest BCUT2D eigenvalue weighted by Gasteiger charge is 2.04. The Morgan fingerprint density at radius 3 is 3.00 bits per heavy atom. The molecule has 0 unspecified atom stereocenters. The zero-order chi connectivity index (χ0) is 11.4. The van der Waals surface area contributed by atoms with Crippen molar-refractivity contribution in [1.29, 1.82) is 0 Å². The van der Waals surface area contributed by atoms with Crippen LogP contribution < -0.4 is 5.32 Å². The van der Waals surface area contributed by atoms with Gasteiger partial charge in [-0.2, -0.15) is 0 Å². The van der Waals surface area contributed by atoms with Crippen molar-refractivity contribution in [2.24, 2.45) is 0 Å². The first-order chi connectivity index (χ1) is 7.79. The van der Waals surface area contributed by atoms with Gasteiger partial charge in [-0.3, -0.25) is 0 Å². The van der Waals surface area contributed by atoms with Gasteiger partial charge in [0, 0.05) is 15.9 Å². The molecule has 0 radical (unpaired) electrons. The molecule has 6 heteroatoms. The van der Waals surface area contributed by atoms with E-state index in [1.54, 1.807) is 28.6 Å². The Balaban J connectivity index is 2.15. The minimum absolute atomic E-state index is 0.865. The molecule has 1 N–H and O–H groups in total. The number of nitrogens with one attached hydrogen (secondary N) is 1. The van der Waals surface area contributed by atoms with Gasteiger partial charge in [-0.05, 0) is 24.7 Å². The fourth-order valence-corrected chi connectivity index (χ4v) is 3.40. The van der Waals surface area contributed by atoms with Gasteiger partial charge in [0.25, 0.3) is 0 Å². The molecule has 0 bridgehead atoms. The van der Waals surface area contributed by atoms with Crippen LogP contribution in [0.15, 0.2) is 37.4 Å². The molecule has 2 rings (SSSR count). The normalized spacial score (nSPS) is 10.6. The fourth-order valence-electron chi connectivity index (χ4n) is 1.23. The SMILES string of the molecule is CNCc1ccc(Sc2nncs2)cc1Br. The topological polar surface area (TPSA) is 37.8 Å². The van der Waals surface area contributed by atoms with Crippen molar-refractivity contribution in [1.82, 2.24) is 15.5 Å². The Morgan fingerprint density at radius 2 is 2.38 bits per heavy atom. The Hall–Kier alpha value is -0.430. The molecule has 1 aromatic carbocycles. The van der Waals surface area contributed by atoms with Gasteiger partial charge in [-0.25, -0.2) is 0 Å². The first-order valence-corrected chi connectivity index (χ1v) is 7.15. The summed E-state index contributed by atoms with van der Waals surface area (Å²) in [6.07, 6.45) is 0. The van der Waals surface area contributed by atoms with Gasteiger partial charge in [0.2, 0.25) is 0 Å². The van der Waals surface area contributed by atoms with Gasteiger partial charge in [0.15, 0.2) is 4.34 Å². The predicted octanol–water partition coefficient (Wildman–Crippen LogP) is 3.17. The van der Waals surface area contributed by atoms with Gasteiger partial charge in [0.1, 0.15) is 5.51 Å². The third-order valence-electron chi connectivity index (χ3n) is 1.94. The van der Waals surface area contributed by atoms with Crippen LogP contribution in [-0.4, -0.2) is 17.2 Å². The highest BCUT2D eigenvalue weighted by molar-refractivity contribution is 9.10. The molecule has 0 saturated heterocycles. The number of halogens is 1. The Bertz CT molecular complexity index is 459. The molecule has 16 heavy (non-hydrogen) atoms. The Kier molecular flexibility index (Phi) is 4.34. The van der Waals surface area contributed by atoms with E-state index in [4.69, 9.17) is 0 Å². The van der Waals surface area contributed by atoms with Crippen LogP contribution in [-0.2, 0) is 6.54 Å². The summed E-state index contributed by atoms with van der Waals surface area (Å²) >= 11 is 6.75. The summed E-state index contributed by atoms with van der Waals surface area (Å²) in [5.41, 5.74) is 3.00. The van der Waals surface area contributed by atoms with Crippen LogP contribution in [0.3, 0.4) is 0 Å². The van der Waals surface area contributed by atoms with Crippen molar-refractivity contribution in [2.75, 3.05) is 7.05 Å². The summed E-state index contributed by atoms with van der Waals surface area (Å²) < 4.78 is 2.09. The maximum atomic E-state index is 4.00. The summed E-state index contributed by atoms with van der Waals surface area (Å²) in [7, 11) is 1.94. The molecule has 0 amide bonds. The molecule has 1 heterocycles. The number of hydrogen-bond acceptors (Lipinski definition) is 5. The Morgan fingerprint density at radius 1 is 1.50 bits per heavy atom. The van der Waals surface area contributed by atoms with Crippen molar-refractivity contribution in [3.8, 4) is 0 Å². The summed E-state index contributed by atoms with van der Waals surface area (Å²) in [6.45, 7) is 0.865. The largest absolute Gasteiger partial charge is 0.316 e. The van der Waals surface area contributed by atoms with Crippen LogP contribution in [0.5, 0.6) is 0 Å². The summed E-state index contributed by atoms with van der Waals surface area (Å²) in [5.74, 6) is 0. The van der Waals surface area contributed by atoms with E-state index in [0.29, 0.717) is 0 Å². The van der Waals surface area contributed by atoms with E-state index in [1.165, 1.54) is 10.5 Å². The second kappa shape index (κ2) is 5.77. The van der Waals surface area contributed by atoms with E-state index in [1.807, 2.05) is 7.05 Å². The Labute approximate surface area is 111 Å². The summed E-state index contributed by atoms with van der Waals surface area (Å²) in [6, 6.07) is 6.33. The zero-order valence-electron chi connectivity index (χ0n) is 8.61. The van der Waals surface area contributed by atoms with E-state index in [9.17, 15) is 0 Å². The zero-order valence-corrected chi connectivity index (χ0v) is 11.8. The molecule has 2 aromatic rings. The van der Waals surface area contributed by atoms with E-state index in [2.05, 4.69) is 49.6 Å². The molecule has 0 saturated carbocycles. The van der Waals surface area contributed by atoms with Crippen molar-refractivity contribution in [3.05, 3.63) is 33.7 Å². The standard InChI is InChI=1S/C10H10BrN3S2/c1-12-5-7-2-3-8(4-9(7)11)16-10-14-13-6-15-10/h2-4,6,12H,5H2,1H3. The third kappa shape index (κ3) is 3.04. The molecule has 1 aromatic heterocycles. The van der Waals surface area contributed by atoms with Crippen molar-refractivity contribution < 1.29 is 0 Å². The number of aromatic nitrogens is 2. The molecule has 0 spiro atoms. The first-order valence-electron chi connectivity index (χ1n) is 4.66. The second-order valence-corrected chi connectivity index (χ2v) is 6.10. The molecule has 3 nitrogen and oxygen atoms in total. The predicted molar refractivity (Wildman–Crippen MR) is 70.9 cm³/mol. The lowest BCUT2D eigenvalue weighted by Gasteiger charge is -2.05. The first kappa shape index (κ1) is 12.0. The van der Waals surface area contributed by atoms with Gasteiger partial charge >= 0.3 is 0 Å². The van der Waals surface area contributed by atoms with Gasteiger partial charge in [-0.1, -0.05) is 45.1 Å². The monoisotopic (exact) mass is 315 g/mol. The van der Waals surface area contributed by atoms with E-state index < -0.39 is 0 Å². The van der Waals surface area contributed by atoms with Crippen LogP contribution >= 0.6 is 39.0 Å². The fraction of sp³-hybridized carbons (Fsp3) is 0.200. The number of hydrogen-bond donors (Lipinski definition) is 1. The van der Waals surface area contributed by atoms with Crippen LogP contribution in [0, 0.1) is 0 Å². The van der Waals surface area contributed by atoms with Crippen LogP contribution in [0.4, 0.5) is 0 Å². The lowest BCUT2D eigenvalue weighted by atomic mass is 10.2. The van der Waals surface area contributed by atoms with Gasteiger partial charge in [0.05, 0.1) is 0 Å². The highest BCUT2D eigenvalue weighted by Crippen LogP contribution is 2.31. The lowest BCUT2D eigenvalue weighted by Crippen LogP contribution is -2.05. The van der Waals surface area contributed by atoms with Crippen molar-refractivity contribution >= 4 is 39.0 Å². The molecule has 0 fully saturated rings. The van der Waals surface area contributed by atoms with E-state index in [-0.39, 0.29) is 0 Å². The van der Waals surface area contributed by atoms with Crippen LogP contribution in [0.1, 0.15) is 5.56 Å². The molecule has 0 aliphatic carbocycles. The average molecular weight is 316 g/mol. The van der Waals surface area contributed by atoms with Gasteiger partial charge in [-0.15, -0.1) is 10.2 Å². The van der Waals surface area contributed by atoms with E-state index >= 15 is 0 Å². The number of benzene rings is 1. The second-order valence-electron chi connectivity index (χ2n) is 3.09. The van der Waals surface area contributed by atoms with Crippen molar-refractivity contribution in [2.45, 2.75) is 15.8 Å². The lowest BCUT2D eigenvalue weighted by molar-refractivity contribution is 0.813. The molecule has 0 aliphatic heterocycles. The highest BCUT2D eigenvalue weighted by atomic mass is 79.9. The molecule has 0 aliphatic rings. The molecular weight excluding hydrogens is 306 g/mol. The van der Waals surface area contributed by atoms with Crippen molar-refractivity contribution in [3.63, 3.8) is 0 Å². The molecule has 0 atom stereocenters.